The minimum Gasteiger partial charge on any atom is -0.305 e. The number of piperidine rings is 1. The Balaban J connectivity index is 2.20. The second-order valence-corrected chi connectivity index (χ2v) is 6.69. The van der Waals surface area contributed by atoms with Gasteiger partial charge in [0, 0.05) is 12.6 Å². The SMILES string of the molecule is CN1CCCC(NS(=O)(=O)c2ccc(F)c(C#N)c2)C1. The zero-order valence-electron chi connectivity index (χ0n) is 11.1. The Morgan fingerprint density at radius 3 is 2.90 bits per heavy atom. The van der Waals surface area contributed by atoms with Crippen LogP contribution in [0.25, 0.3) is 0 Å². The number of nitriles is 1. The molecule has 1 aliphatic heterocycles. The third-order valence-electron chi connectivity index (χ3n) is 3.31. The summed E-state index contributed by atoms with van der Waals surface area (Å²) in [5, 5.41) is 8.75. The van der Waals surface area contributed by atoms with Crippen LogP contribution in [0.5, 0.6) is 0 Å². The first-order valence-corrected chi connectivity index (χ1v) is 7.81. The molecule has 0 amide bonds. The molecule has 0 spiro atoms. The highest BCUT2D eigenvalue weighted by Gasteiger charge is 2.24. The molecule has 0 radical (unpaired) electrons. The van der Waals surface area contributed by atoms with Crippen molar-refractivity contribution in [2.45, 2.75) is 23.8 Å². The Morgan fingerprint density at radius 1 is 1.50 bits per heavy atom. The zero-order valence-corrected chi connectivity index (χ0v) is 12.0. The summed E-state index contributed by atoms with van der Waals surface area (Å²) < 4.78 is 40.3. The molecule has 1 unspecified atom stereocenters. The minimum atomic E-state index is -3.73. The lowest BCUT2D eigenvalue weighted by molar-refractivity contribution is 0.242. The van der Waals surface area contributed by atoms with Crippen molar-refractivity contribution in [1.29, 1.82) is 5.26 Å². The van der Waals surface area contributed by atoms with Gasteiger partial charge in [-0.15, -0.1) is 0 Å². The molecule has 0 bridgehead atoms. The number of benzene rings is 1. The minimum absolute atomic E-state index is 0.0799. The molecule has 0 aromatic heterocycles. The first-order chi connectivity index (χ1) is 9.42. The third-order valence-corrected chi connectivity index (χ3v) is 4.83. The van der Waals surface area contributed by atoms with E-state index in [2.05, 4.69) is 9.62 Å². The average Bonchev–Trinajstić information content (AvgIpc) is 2.38. The van der Waals surface area contributed by atoms with Crippen LogP contribution in [0.4, 0.5) is 4.39 Å². The van der Waals surface area contributed by atoms with Crippen molar-refractivity contribution in [3.05, 3.63) is 29.6 Å². The largest absolute Gasteiger partial charge is 0.305 e. The van der Waals surface area contributed by atoms with Crippen LogP contribution < -0.4 is 4.72 Å². The molecule has 20 heavy (non-hydrogen) atoms. The van der Waals surface area contributed by atoms with Gasteiger partial charge < -0.3 is 4.90 Å². The van der Waals surface area contributed by atoms with Crippen LogP contribution in [0.1, 0.15) is 18.4 Å². The molecule has 5 nitrogen and oxygen atoms in total. The van der Waals surface area contributed by atoms with Gasteiger partial charge in [0.1, 0.15) is 11.9 Å². The van der Waals surface area contributed by atoms with Crippen LogP contribution in [0, 0.1) is 17.1 Å². The molecular formula is C13H16FN3O2S. The van der Waals surface area contributed by atoms with E-state index < -0.39 is 15.8 Å². The number of nitrogens with one attached hydrogen (secondary N) is 1. The number of rotatable bonds is 3. The summed E-state index contributed by atoms with van der Waals surface area (Å²) in [6.07, 6.45) is 1.70. The highest BCUT2D eigenvalue weighted by molar-refractivity contribution is 7.89. The van der Waals surface area contributed by atoms with Crippen LogP contribution >= 0.6 is 0 Å². The number of hydrogen-bond donors (Lipinski definition) is 1. The molecule has 1 aliphatic rings. The normalized spacial score (nSPS) is 20.6. The van der Waals surface area contributed by atoms with Gasteiger partial charge in [0.15, 0.2) is 0 Å². The van der Waals surface area contributed by atoms with Crippen LogP contribution in [0.3, 0.4) is 0 Å². The molecular weight excluding hydrogens is 281 g/mol. The van der Waals surface area contributed by atoms with Crippen LogP contribution in [0.2, 0.25) is 0 Å². The second-order valence-electron chi connectivity index (χ2n) is 4.98. The van der Waals surface area contributed by atoms with Crippen LogP contribution in [0.15, 0.2) is 23.1 Å². The summed E-state index contributed by atoms with van der Waals surface area (Å²) in [6.45, 7) is 1.60. The van der Waals surface area contributed by atoms with Gasteiger partial charge in [0.05, 0.1) is 10.5 Å². The maximum atomic E-state index is 13.2. The lowest BCUT2D eigenvalue weighted by Gasteiger charge is -2.29. The number of sulfonamides is 1. The van der Waals surface area contributed by atoms with Crippen molar-refractivity contribution in [2.24, 2.45) is 0 Å². The zero-order chi connectivity index (χ0) is 14.8. The molecule has 7 heteroatoms. The summed E-state index contributed by atoms with van der Waals surface area (Å²) in [5.74, 6) is -0.719. The molecule has 1 N–H and O–H groups in total. The molecule has 1 atom stereocenters. The van der Waals surface area contributed by atoms with Crippen LogP contribution in [-0.2, 0) is 10.0 Å². The molecule has 1 aromatic carbocycles. The monoisotopic (exact) mass is 297 g/mol. The van der Waals surface area contributed by atoms with Crippen molar-refractivity contribution in [2.75, 3.05) is 20.1 Å². The number of likely N-dealkylation sites (tertiary alicyclic amines) is 1. The fraction of sp³-hybridized carbons (Fsp3) is 0.462. The van der Waals surface area contributed by atoms with Crippen molar-refractivity contribution in [1.82, 2.24) is 9.62 Å². The van der Waals surface area contributed by atoms with Crippen molar-refractivity contribution < 1.29 is 12.8 Å². The van der Waals surface area contributed by atoms with E-state index in [0.29, 0.717) is 6.54 Å². The van der Waals surface area contributed by atoms with Crippen LogP contribution in [-0.4, -0.2) is 39.5 Å². The van der Waals surface area contributed by atoms with Gasteiger partial charge >= 0.3 is 0 Å². The Hall–Kier alpha value is -1.49. The van der Waals surface area contributed by atoms with Gasteiger partial charge in [0.2, 0.25) is 10.0 Å². The van der Waals surface area contributed by atoms with Gasteiger partial charge in [-0.2, -0.15) is 5.26 Å². The number of nitrogens with zero attached hydrogens (tertiary/aromatic N) is 2. The van der Waals surface area contributed by atoms with E-state index in [1.165, 1.54) is 6.07 Å². The van der Waals surface area contributed by atoms with Crippen molar-refractivity contribution in [3.63, 3.8) is 0 Å². The number of hydrogen-bond acceptors (Lipinski definition) is 4. The molecule has 0 saturated carbocycles. The van der Waals surface area contributed by atoms with E-state index in [1.54, 1.807) is 6.07 Å². The van der Waals surface area contributed by atoms with Gasteiger partial charge in [-0.25, -0.2) is 17.5 Å². The number of halogens is 1. The van der Waals surface area contributed by atoms with E-state index in [0.717, 1.165) is 31.5 Å². The van der Waals surface area contributed by atoms with Gasteiger partial charge in [-0.3, -0.25) is 0 Å². The fourth-order valence-corrected chi connectivity index (χ4v) is 3.59. The lowest BCUT2D eigenvalue weighted by atomic mass is 10.1. The Labute approximate surface area is 118 Å². The smallest absolute Gasteiger partial charge is 0.240 e. The van der Waals surface area contributed by atoms with E-state index in [4.69, 9.17) is 5.26 Å². The highest BCUT2D eigenvalue weighted by Crippen LogP contribution is 2.16. The third kappa shape index (κ3) is 3.33. The summed E-state index contributed by atoms with van der Waals surface area (Å²) in [7, 11) is -1.79. The summed E-state index contributed by atoms with van der Waals surface area (Å²) in [5.41, 5.74) is -0.270. The van der Waals surface area contributed by atoms with Gasteiger partial charge in [-0.1, -0.05) is 0 Å². The van der Waals surface area contributed by atoms with Crippen molar-refractivity contribution in [3.8, 4) is 6.07 Å². The Kier molecular flexibility index (Phi) is 4.38. The highest BCUT2D eigenvalue weighted by atomic mass is 32.2. The second kappa shape index (κ2) is 5.87. The van der Waals surface area contributed by atoms with E-state index in [-0.39, 0.29) is 16.5 Å². The average molecular weight is 297 g/mol. The van der Waals surface area contributed by atoms with Gasteiger partial charge in [0.25, 0.3) is 0 Å². The summed E-state index contributed by atoms with van der Waals surface area (Å²) in [4.78, 5) is 1.98. The first-order valence-electron chi connectivity index (χ1n) is 6.33. The summed E-state index contributed by atoms with van der Waals surface area (Å²) >= 11 is 0. The maximum absolute atomic E-state index is 13.2. The van der Waals surface area contributed by atoms with Crippen molar-refractivity contribution >= 4 is 10.0 Å². The van der Waals surface area contributed by atoms with E-state index in [9.17, 15) is 12.8 Å². The molecule has 1 heterocycles. The standard InChI is InChI=1S/C13H16FN3O2S/c1-17-6-2-3-11(9-17)16-20(18,19)12-4-5-13(14)10(7-12)8-15/h4-5,7,11,16H,2-3,6,9H2,1H3. The van der Waals surface area contributed by atoms with E-state index in [1.807, 2.05) is 7.05 Å². The van der Waals surface area contributed by atoms with E-state index >= 15 is 0 Å². The molecule has 1 fully saturated rings. The molecule has 1 aromatic rings. The topological polar surface area (TPSA) is 73.2 Å². The first kappa shape index (κ1) is 14.9. The van der Waals surface area contributed by atoms with Gasteiger partial charge in [-0.05, 0) is 44.6 Å². The quantitative estimate of drug-likeness (QED) is 0.905. The Bertz CT molecular complexity index is 640. The number of likely N-dealkylation sites (N-methyl/N-ethyl adjacent to an activating group) is 1. The Morgan fingerprint density at radius 2 is 2.25 bits per heavy atom. The lowest BCUT2D eigenvalue weighted by Crippen LogP contribution is -2.46. The predicted molar refractivity (Wildman–Crippen MR) is 72.0 cm³/mol. The molecule has 1 saturated heterocycles. The molecule has 2 rings (SSSR count). The summed E-state index contributed by atoms with van der Waals surface area (Å²) in [6, 6.07) is 4.72. The molecule has 0 aliphatic carbocycles. The predicted octanol–water partition coefficient (Wildman–Crippen LogP) is 1.07. The molecule has 108 valence electrons. The maximum Gasteiger partial charge on any atom is 0.240 e. The fourth-order valence-electron chi connectivity index (χ4n) is 2.31.